The zero-order chi connectivity index (χ0) is 20.2. The fourth-order valence-electron chi connectivity index (χ4n) is 3.58. The molecule has 0 spiro atoms. The van der Waals surface area contributed by atoms with Gasteiger partial charge in [-0.05, 0) is 25.8 Å². The van der Waals surface area contributed by atoms with Gasteiger partial charge >= 0.3 is 0 Å². The van der Waals surface area contributed by atoms with Gasteiger partial charge < -0.3 is 20.2 Å². The Hall–Kier alpha value is -3.20. The number of fused-ring (bicyclic) bond motifs is 1. The minimum Gasteiger partial charge on any atom is -0.619 e. The van der Waals surface area contributed by atoms with E-state index in [1.165, 1.54) is 12.4 Å². The monoisotopic (exact) mass is 396 g/mol. The third kappa shape index (κ3) is 4.14. The summed E-state index contributed by atoms with van der Waals surface area (Å²) in [5, 5.41) is 22.8. The summed E-state index contributed by atoms with van der Waals surface area (Å²) in [6.07, 6.45) is 7.93. The van der Waals surface area contributed by atoms with Crippen molar-refractivity contribution in [3.05, 3.63) is 53.3 Å². The lowest BCUT2D eigenvalue weighted by Gasteiger charge is -2.27. The fraction of sp³-hybridized carbons (Fsp3) is 0.400. The van der Waals surface area contributed by atoms with E-state index in [0.717, 1.165) is 34.2 Å². The second kappa shape index (κ2) is 8.44. The van der Waals surface area contributed by atoms with Gasteiger partial charge in [0.25, 0.3) is 5.91 Å². The molecule has 2 N–H and O–H groups in total. The highest BCUT2D eigenvalue weighted by Gasteiger charge is 2.24. The highest BCUT2D eigenvalue weighted by Crippen LogP contribution is 2.28. The minimum atomic E-state index is -0.140. The van der Waals surface area contributed by atoms with Crippen LogP contribution in [0, 0.1) is 5.21 Å². The maximum atomic E-state index is 13.4. The van der Waals surface area contributed by atoms with Crippen LogP contribution in [0.15, 0.2) is 36.9 Å². The summed E-state index contributed by atoms with van der Waals surface area (Å²) >= 11 is 0. The highest BCUT2D eigenvalue weighted by molar-refractivity contribution is 6.06. The zero-order valence-electron chi connectivity index (χ0n) is 16.3. The molecule has 0 aliphatic carbocycles. The Kier molecular flexibility index (Phi) is 5.57. The Bertz CT molecular complexity index is 999. The summed E-state index contributed by atoms with van der Waals surface area (Å²) in [6, 6.07) is 3.74. The number of rotatable bonds is 6. The Balaban J connectivity index is 1.65. The first-order valence-electron chi connectivity index (χ1n) is 9.79. The lowest BCUT2D eigenvalue weighted by Crippen LogP contribution is -2.34. The molecule has 9 nitrogen and oxygen atoms in total. The number of hydrogen-bond acceptors (Lipinski definition) is 6. The van der Waals surface area contributed by atoms with E-state index in [0.29, 0.717) is 37.5 Å². The molecule has 1 saturated heterocycles. The number of aromatic amines is 1. The number of hydrogen-bond donors (Lipinski definition) is 2. The predicted octanol–water partition coefficient (Wildman–Crippen LogP) is 1.84. The largest absolute Gasteiger partial charge is 0.619 e. The van der Waals surface area contributed by atoms with Crippen LogP contribution >= 0.6 is 0 Å². The van der Waals surface area contributed by atoms with Crippen LogP contribution in [0.1, 0.15) is 35.7 Å². The topological polar surface area (TPSA) is 110 Å². The summed E-state index contributed by atoms with van der Waals surface area (Å²) in [5.41, 5.74) is 2.65. The number of anilines is 1. The van der Waals surface area contributed by atoms with Gasteiger partial charge in [0.15, 0.2) is 18.0 Å². The van der Waals surface area contributed by atoms with Crippen LogP contribution in [-0.4, -0.2) is 51.8 Å². The molecular formula is C20H24N6O3. The van der Waals surface area contributed by atoms with E-state index in [2.05, 4.69) is 20.5 Å². The van der Waals surface area contributed by atoms with Crippen LogP contribution in [-0.2, 0) is 11.3 Å². The zero-order valence-corrected chi connectivity index (χ0v) is 16.3. The molecule has 152 valence electrons. The molecule has 0 radical (unpaired) electrons. The number of aromatic nitrogens is 4. The number of H-pyrrole nitrogens is 1. The first-order chi connectivity index (χ1) is 14.2. The number of nitrogens with one attached hydrogen (secondary N) is 2. The molecule has 3 aromatic rings. The Labute approximate surface area is 168 Å². The molecule has 0 saturated carbocycles. The molecule has 1 amide bonds. The SMILES string of the molecule is CCN(Cc1ccc[n+]([O-])c1)C(=O)c1cnc2[nH]ncc2c1NC1CCOCC1. The second-order valence-corrected chi connectivity index (χ2v) is 7.10. The van der Waals surface area contributed by atoms with Crippen molar-refractivity contribution in [2.24, 2.45) is 0 Å². The molecule has 1 aliphatic heterocycles. The van der Waals surface area contributed by atoms with E-state index in [1.54, 1.807) is 23.4 Å². The molecule has 4 heterocycles. The van der Waals surface area contributed by atoms with Crippen LogP contribution in [0.5, 0.6) is 0 Å². The molecule has 29 heavy (non-hydrogen) atoms. The average molecular weight is 396 g/mol. The lowest BCUT2D eigenvalue weighted by molar-refractivity contribution is -0.605. The van der Waals surface area contributed by atoms with Crippen LogP contribution < -0.4 is 10.0 Å². The van der Waals surface area contributed by atoms with Gasteiger partial charge in [0.1, 0.15) is 0 Å². The van der Waals surface area contributed by atoms with Crippen molar-refractivity contribution < 1.29 is 14.3 Å². The molecule has 4 rings (SSSR count). The van der Waals surface area contributed by atoms with Crippen molar-refractivity contribution in [2.45, 2.75) is 32.4 Å². The van der Waals surface area contributed by atoms with Crippen molar-refractivity contribution >= 4 is 22.6 Å². The van der Waals surface area contributed by atoms with Gasteiger partial charge in [0, 0.05) is 43.6 Å². The molecule has 0 bridgehead atoms. The van der Waals surface area contributed by atoms with Crippen LogP contribution in [0.25, 0.3) is 11.0 Å². The number of carbonyl (C=O) groups is 1. The van der Waals surface area contributed by atoms with Gasteiger partial charge in [-0.3, -0.25) is 9.89 Å². The molecule has 0 aromatic carbocycles. The standard InChI is InChI=1S/C20H24N6O3/c1-2-25(12-14-4-3-7-26(28)13-14)20(27)17-10-21-19-16(11-22-24-19)18(17)23-15-5-8-29-9-6-15/h3-4,7,10-11,13,15H,2,5-6,8-9,12H2,1H3,(H2,21,22,23,24). The lowest BCUT2D eigenvalue weighted by atomic mass is 10.1. The van der Waals surface area contributed by atoms with E-state index in [4.69, 9.17) is 4.74 Å². The molecule has 1 aliphatic rings. The molecule has 0 atom stereocenters. The van der Waals surface area contributed by atoms with E-state index in [1.807, 2.05) is 13.0 Å². The number of nitrogens with zero attached hydrogens (tertiary/aromatic N) is 4. The number of amides is 1. The molecule has 9 heteroatoms. The molecule has 3 aromatic heterocycles. The van der Waals surface area contributed by atoms with Crippen molar-refractivity contribution in [1.29, 1.82) is 0 Å². The molecule has 0 unspecified atom stereocenters. The summed E-state index contributed by atoms with van der Waals surface area (Å²) < 4.78 is 6.19. The summed E-state index contributed by atoms with van der Waals surface area (Å²) in [4.78, 5) is 19.5. The van der Waals surface area contributed by atoms with Crippen molar-refractivity contribution in [1.82, 2.24) is 20.1 Å². The summed E-state index contributed by atoms with van der Waals surface area (Å²) in [7, 11) is 0. The first-order valence-corrected chi connectivity index (χ1v) is 9.79. The quantitative estimate of drug-likeness (QED) is 0.486. The maximum absolute atomic E-state index is 13.4. The number of pyridine rings is 2. The normalized spacial score (nSPS) is 14.8. The summed E-state index contributed by atoms with van der Waals surface area (Å²) in [5.74, 6) is -0.140. The van der Waals surface area contributed by atoms with Gasteiger partial charge in [0.05, 0.1) is 29.4 Å². The fourth-order valence-corrected chi connectivity index (χ4v) is 3.58. The van der Waals surface area contributed by atoms with Gasteiger partial charge in [-0.2, -0.15) is 9.83 Å². The predicted molar refractivity (Wildman–Crippen MR) is 107 cm³/mol. The Morgan fingerprint density at radius 2 is 2.24 bits per heavy atom. The number of carbonyl (C=O) groups excluding carboxylic acids is 1. The highest BCUT2D eigenvalue weighted by atomic mass is 16.5. The van der Waals surface area contributed by atoms with Crippen molar-refractivity contribution in [3.63, 3.8) is 0 Å². The van der Waals surface area contributed by atoms with E-state index in [9.17, 15) is 10.0 Å². The molecule has 1 fully saturated rings. The van der Waals surface area contributed by atoms with Crippen LogP contribution in [0.2, 0.25) is 0 Å². The average Bonchev–Trinajstić information content (AvgIpc) is 3.22. The van der Waals surface area contributed by atoms with Crippen molar-refractivity contribution in [3.8, 4) is 0 Å². The van der Waals surface area contributed by atoms with Crippen LogP contribution in [0.4, 0.5) is 5.69 Å². The van der Waals surface area contributed by atoms with Gasteiger partial charge in [-0.15, -0.1) is 0 Å². The third-order valence-corrected chi connectivity index (χ3v) is 5.16. The Morgan fingerprint density at radius 1 is 1.41 bits per heavy atom. The van der Waals surface area contributed by atoms with Crippen molar-refractivity contribution in [2.75, 3.05) is 25.1 Å². The molecular weight excluding hydrogens is 372 g/mol. The Morgan fingerprint density at radius 3 is 3.00 bits per heavy atom. The third-order valence-electron chi connectivity index (χ3n) is 5.16. The van der Waals surface area contributed by atoms with E-state index < -0.39 is 0 Å². The van der Waals surface area contributed by atoms with Gasteiger partial charge in [-0.25, -0.2) is 4.98 Å². The first kappa shape index (κ1) is 19.1. The summed E-state index contributed by atoms with van der Waals surface area (Å²) in [6.45, 7) is 4.17. The number of ether oxygens (including phenoxy) is 1. The second-order valence-electron chi connectivity index (χ2n) is 7.10. The van der Waals surface area contributed by atoms with E-state index in [-0.39, 0.29) is 11.9 Å². The maximum Gasteiger partial charge on any atom is 0.257 e. The van der Waals surface area contributed by atoms with Gasteiger partial charge in [0.2, 0.25) is 0 Å². The van der Waals surface area contributed by atoms with Crippen LogP contribution in [0.3, 0.4) is 0 Å². The minimum absolute atomic E-state index is 0.140. The smallest absolute Gasteiger partial charge is 0.257 e. The van der Waals surface area contributed by atoms with E-state index >= 15 is 0 Å². The van der Waals surface area contributed by atoms with Gasteiger partial charge in [-0.1, -0.05) is 0 Å².